The number of esters is 2. The zero-order valence-corrected chi connectivity index (χ0v) is 28.1. The Hall–Kier alpha value is -3.06. The Bertz CT molecular complexity index is 1140. The summed E-state index contributed by atoms with van der Waals surface area (Å²) in [6, 6.07) is -1.86. The van der Waals surface area contributed by atoms with Crippen molar-refractivity contribution in [2.45, 2.75) is 111 Å². The second kappa shape index (κ2) is 17.4. The van der Waals surface area contributed by atoms with E-state index in [0.29, 0.717) is 12.8 Å². The van der Waals surface area contributed by atoms with Gasteiger partial charge in [0, 0.05) is 31.2 Å². The number of thiazole rings is 1. The molecule has 1 aliphatic rings. The molecule has 5 atom stereocenters. The van der Waals surface area contributed by atoms with Crippen LogP contribution in [0.5, 0.6) is 0 Å². The van der Waals surface area contributed by atoms with Crippen LogP contribution in [0, 0.1) is 17.8 Å². The first-order chi connectivity index (χ1) is 20.7. The number of carboxylic acid groups (broad SMARTS) is 1. The van der Waals surface area contributed by atoms with Gasteiger partial charge >= 0.3 is 17.9 Å². The van der Waals surface area contributed by atoms with E-state index >= 15 is 0 Å². The molecule has 2 N–H and O–H groups in total. The smallest absolute Gasteiger partial charge is 0.355 e. The van der Waals surface area contributed by atoms with Crippen LogP contribution in [0.4, 0.5) is 0 Å². The van der Waals surface area contributed by atoms with Gasteiger partial charge in [-0.25, -0.2) is 9.78 Å². The second-order valence-electron chi connectivity index (χ2n) is 12.4. The molecular formula is C31H50N4O8S. The fraction of sp³-hybridized carbons (Fsp3) is 0.742. The summed E-state index contributed by atoms with van der Waals surface area (Å²) in [5.41, 5.74) is -0.175. The molecule has 1 aromatic heterocycles. The number of aromatic carboxylic acids is 1. The first-order valence-corrected chi connectivity index (χ1v) is 16.4. The standard InChI is InChI=1S/C31H50N4O8S/c1-9-20(6)27(33-28(38)23-12-10-11-13-34(23)8)30(39)35(17-42-26(37)14-18(2)3)24(19(4)5)15-25(43-21(7)36)29-32-22(16-44-29)31(40)41/h16,18-20,23-25,27H,9-15,17H2,1-8H3,(H,33,38)(H,40,41)/t20-,23?,24+,25+,27-/m0/s1. The maximum atomic E-state index is 14.5. The van der Waals surface area contributed by atoms with Gasteiger partial charge in [-0.3, -0.25) is 24.1 Å². The highest BCUT2D eigenvalue weighted by Gasteiger charge is 2.39. The second-order valence-corrected chi connectivity index (χ2v) is 13.3. The van der Waals surface area contributed by atoms with E-state index in [0.717, 1.165) is 30.7 Å². The summed E-state index contributed by atoms with van der Waals surface area (Å²) in [7, 11) is 1.91. The van der Waals surface area contributed by atoms with Crippen molar-refractivity contribution in [1.29, 1.82) is 0 Å². The predicted octanol–water partition coefficient (Wildman–Crippen LogP) is 4.25. The summed E-state index contributed by atoms with van der Waals surface area (Å²) in [4.78, 5) is 71.8. The van der Waals surface area contributed by atoms with Gasteiger partial charge < -0.3 is 24.8 Å². The van der Waals surface area contributed by atoms with Gasteiger partial charge in [0.25, 0.3) is 0 Å². The molecule has 0 bridgehead atoms. The number of ether oxygens (including phenoxy) is 2. The van der Waals surface area contributed by atoms with Crippen LogP contribution in [0.3, 0.4) is 0 Å². The zero-order valence-electron chi connectivity index (χ0n) is 27.3. The number of nitrogens with zero attached hydrogens (tertiary/aromatic N) is 3. The van der Waals surface area contributed by atoms with Gasteiger partial charge in [0.2, 0.25) is 11.8 Å². The summed E-state index contributed by atoms with van der Waals surface area (Å²) in [6.45, 7) is 13.1. The number of rotatable bonds is 16. The van der Waals surface area contributed by atoms with Gasteiger partial charge in [0.15, 0.2) is 18.5 Å². The fourth-order valence-electron chi connectivity index (χ4n) is 5.29. The molecule has 0 aliphatic carbocycles. The summed E-state index contributed by atoms with van der Waals surface area (Å²) >= 11 is 1.05. The van der Waals surface area contributed by atoms with Gasteiger partial charge in [-0.2, -0.15) is 0 Å². The van der Waals surface area contributed by atoms with Crippen LogP contribution >= 0.6 is 11.3 Å². The first kappa shape index (κ1) is 37.1. The summed E-state index contributed by atoms with van der Waals surface area (Å²) < 4.78 is 11.2. The van der Waals surface area contributed by atoms with Crippen molar-refractivity contribution in [2.24, 2.45) is 17.8 Å². The molecule has 1 unspecified atom stereocenters. The minimum atomic E-state index is -1.21. The van der Waals surface area contributed by atoms with Gasteiger partial charge in [-0.05, 0) is 44.2 Å². The molecule has 1 fully saturated rings. The number of hydrogen-bond acceptors (Lipinski definition) is 10. The minimum Gasteiger partial charge on any atom is -0.476 e. The predicted molar refractivity (Wildman–Crippen MR) is 166 cm³/mol. The first-order valence-electron chi connectivity index (χ1n) is 15.5. The van der Waals surface area contributed by atoms with E-state index in [2.05, 4.69) is 10.3 Å². The minimum absolute atomic E-state index is 0.0499. The number of hydrogen-bond donors (Lipinski definition) is 2. The van der Waals surface area contributed by atoms with Crippen molar-refractivity contribution < 1.29 is 38.6 Å². The van der Waals surface area contributed by atoms with Crippen LogP contribution in [-0.2, 0) is 28.7 Å². The van der Waals surface area contributed by atoms with E-state index < -0.39 is 42.0 Å². The molecule has 2 rings (SSSR count). The number of carbonyl (C=O) groups is 5. The van der Waals surface area contributed by atoms with Crippen LogP contribution in [0.25, 0.3) is 0 Å². The SMILES string of the molecule is CC[C@H](C)[C@H](NC(=O)C1CCCCN1C)C(=O)N(COC(=O)CC(C)C)[C@H](C[C@@H](OC(C)=O)c1nc(C(=O)O)cs1)C(C)C. The lowest BCUT2D eigenvalue weighted by Crippen LogP contribution is -2.59. The van der Waals surface area contributed by atoms with Gasteiger partial charge in [-0.15, -0.1) is 11.3 Å². The molecule has 0 saturated carbocycles. The summed E-state index contributed by atoms with van der Waals surface area (Å²) in [6.07, 6.45) is 2.53. The average Bonchev–Trinajstić information content (AvgIpc) is 3.44. The molecule has 1 saturated heterocycles. The largest absolute Gasteiger partial charge is 0.476 e. The Labute approximate surface area is 264 Å². The molecule has 13 heteroatoms. The maximum Gasteiger partial charge on any atom is 0.355 e. The molecule has 12 nitrogen and oxygen atoms in total. The normalized spacial score (nSPS) is 18.3. The number of likely N-dealkylation sites (N-methyl/N-ethyl adjacent to an activating group) is 1. The maximum absolute atomic E-state index is 14.5. The third-order valence-corrected chi connectivity index (χ3v) is 8.96. The molecular weight excluding hydrogens is 588 g/mol. The number of carbonyl (C=O) groups excluding carboxylic acids is 4. The molecule has 44 heavy (non-hydrogen) atoms. The monoisotopic (exact) mass is 638 g/mol. The quantitative estimate of drug-likeness (QED) is 0.198. The van der Waals surface area contributed by atoms with Crippen molar-refractivity contribution >= 4 is 41.1 Å². The van der Waals surface area contributed by atoms with E-state index in [1.54, 1.807) is 0 Å². The van der Waals surface area contributed by atoms with Gasteiger partial charge in [0.05, 0.1) is 6.04 Å². The van der Waals surface area contributed by atoms with Crippen LogP contribution in [0.1, 0.15) is 109 Å². The molecule has 2 amide bonds. The highest BCUT2D eigenvalue weighted by atomic mass is 32.1. The summed E-state index contributed by atoms with van der Waals surface area (Å²) in [5, 5.41) is 14.1. The lowest BCUT2D eigenvalue weighted by molar-refractivity contribution is -0.160. The molecule has 0 spiro atoms. The lowest BCUT2D eigenvalue weighted by atomic mass is 9.92. The molecule has 2 heterocycles. The highest BCUT2D eigenvalue weighted by Crippen LogP contribution is 2.31. The molecule has 0 radical (unpaired) electrons. The lowest BCUT2D eigenvalue weighted by Gasteiger charge is -2.39. The number of amides is 2. The van der Waals surface area contributed by atoms with Crippen molar-refractivity contribution in [3.05, 3.63) is 16.1 Å². The van der Waals surface area contributed by atoms with Crippen LogP contribution in [0.2, 0.25) is 0 Å². The van der Waals surface area contributed by atoms with Crippen molar-refractivity contribution in [1.82, 2.24) is 20.1 Å². The highest BCUT2D eigenvalue weighted by molar-refractivity contribution is 7.09. The third-order valence-electron chi connectivity index (χ3n) is 8.02. The van der Waals surface area contributed by atoms with Crippen molar-refractivity contribution in [2.75, 3.05) is 20.3 Å². The van der Waals surface area contributed by atoms with Crippen LogP contribution in [0.15, 0.2) is 5.38 Å². The zero-order chi connectivity index (χ0) is 33.1. The third kappa shape index (κ3) is 10.8. The summed E-state index contributed by atoms with van der Waals surface area (Å²) in [5.74, 6) is -3.28. The Morgan fingerprint density at radius 3 is 2.36 bits per heavy atom. The molecule has 1 aromatic rings. The van der Waals surface area contributed by atoms with E-state index in [1.165, 1.54) is 17.2 Å². The van der Waals surface area contributed by atoms with E-state index in [9.17, 15) is 29.1 Å². The van der Waals surface area contributed by atoms with E-state index in [4.69, 9.17) is 9.47 Å². The Morgan fingerprint density at radius 1 is 1.16 bits per heavy atom. The number of piperidine rings is 1. The van der Waals surface area contributed by atoms with E-state index in [1.807, 2.05) is 53.5 Å². The number of aromatic nitrogens is 1. The molecule has 0 aromatic carbocycles. The average molecular weight is 639 g/mol. The Kier molecular flexibility index (Phi) is 14.7. The number of carboxylic acids is 1. The Balaban J connectivity index is 2.49. The molecule has 1 aliphatic heterocycles. The fourth-order valence-corrected chi connectivity index (χ4v) is 6.12. The van der Waals surface area contributed by atoms with E-state index in [-0.39, 0.29) is 60.0 Å². The van der Waals surface area contributed by atoms with Crippen molar-refractivity contribution in [3.8, 4) is 0 Å². The van der Waals surface area contributed by atoms with Crippen LogP contribution < -0.4 is 5.32 Å². The van der Waals surface area contributed by atoms with Gasteiger partial charge in [0.1, 0.15) is 11.0 Å². The molecule has 248 valence electrons. The topological polar surface area (TPSA) is 155 Å². The van der Waals surface area contributed by atoms with Crippen LogP contribution in [-0.4, -0.2) is 88.1 Å². The number of likely N-dealkylation sites (tertiary alicyclic amines) is 1. The van der Waals surface area contributed by atoms with Crippen molar-refractivity contribution in [3.63, 3.8) is 0 Å². The van der Waals surface area contributed by atoms with Gasteiger partial charge in [-0.1, -0.05) is 54.4 Å². The Morgan fingerprint density at radius 2 is 1.84 bits per heavy atom. The number of nitrogens with one attached hydrogen (secondary N) is 1.